The van der Waals surface area contributed by atoms with Gasteiger partial charge in [0.25, 0.3) is 0 Å². The average molecular weight is 546 g/mol. The van der Waals surface area contributed by atoms with E-state index in [2.05, 4.69) is 39.9 Å². The smallest absolute Gasteiger partial charge is 0.408 e. The quantitative estimate of drug-likeness (QED) is 0.310. The molecule has 5 heteroatoms. The van der Waals surface area contributed by atoms with Crippen molar-refractivity contribution in [3.8, 4) is 0 Å². The summed E-state index contributed by atoms with van der Waals surface area (Å²) >= 11 is 0. The van der Waals surface area contributed by atoms with E-state index in [1.807, 2.05) is 20.8 Å². The highest BCUT2D eigenvalue weighted by atomic mass is 16.6. The van der Waals surface area contributed by atoms with Gasteiger partial charge in [-0.25, -0.2) is 4.79 Å². The first kappa shape index (κ1) is 30.7. The zero-order valence-corrected chi connectivity index (χ0v) is 26.4. The van der Waals surface area contributed by atoms with E-state index in [1.165, 1.54) is 57.8 Å². The third-order valence-electron chi connectivity index (χ3n) is 11.9. The Kier molecular flexibility index (Phi) is 9.38. The highest BCUT2D eigenvalue weighted by Crippen LogP contribution is 2.68. The van der Waals surface area contributed by atoms with Crippen LogP contribution in [0.5, 0.6) is 0 Å². The van der Waals surface area contributed by atoms with Gasteiger partial charge in [0.15, 0.2) is 0 Å². The summed E-state index contributed by atoms with van der Waals surface area (Å²) in [7, 11) is 0. The molecule has 0 aromatic carbocycles. The summed E-state index contributed by atoms with van der Waals surface area (Å²) in [5.41, 5.74) is 0.334. The molecule has 2 unspecified atom stereocenters. The van der Waals surface area contributed by atoms with Gasteiger partial charge in [0.1, 0.15) is 18.2 Å². The zero-order valence-electron chi connectivity index (χ0n) is 26.4. The van der Waals surface area contributed by atoms with Gasteiger partial charge in [0.05, 0.1) is 0 Å². The molecule has 224 valence electrons. The number of carbonyl (C=O) groups excluding carboxylic acids is 2. The van der Waals surface area contributed by atoms with E-state index in [4.69, 9.17) is 9.47 Å². The van der Waals surface area contributed by atoms with Crippen LogP contribution < -0.4 is 5.32 Å². The van der Waals surface area contributed by atoms with Crippen LogP contribution in [-0.2, 0) is 14.3 Å². The summed E-state index contributed by atoms with van der Waals surface area (Å²) in [6.45, 7) is 17.9. The molecule has 0 aliphatic heterocycles. The normalized spacial score (nSPS) is 38.8. The van der Waals surface area contributed by atoms with Crippen LogP contribution in [0.1, 0.15) is 132 Å². The summed E-state index contributed by atoms with van der Waals surface area (Å²) in [5.74, 6) is 5.49. The third kappa shape index (κ3) is 6.80. The lowest BCUT2D eigenvalue weighted by Crippen LogP contribution is -2.54. The Morgan fingerprint density at radius 3 is 2.28 bits per heavy atom. The Labute approximate surface area is 239 Å². The molecule has 0 spiro atoms. The Bertz CT molecular complexity index is 864. The zero-order chi connectivity index (χ0) is 28.6. The molecule has 0 aromatic rings. The molecule has 1 N–H and O–H groups in total. The van der Waals surface area contributed by atoms with Gasteiger partial charge >= 0.3 is 12.1 Å². The Balaban J connectivity index is 1.31. The molecular weight excluding hydrogens is 486 g/mol. The summed E-state index contributed by atoms with van der Waals surface area (Å²) in [6, 6.07) is 0. The molecule has 4 aliphatic rings. The summed E-state index contributed by atoms with van der Waals surface area (Å²) in [4.78, 5) is 24.4. The van der Waals surface area contributed by atoms with Gasteiger partial charge in [-0.1, -0.05) is 53.9 Å². The Morgan fingerprint density at radius 1 is 0.897 bits per heavy atom. The summed E-state index contributed by atoms with van der Waals surface area (Å²) in [5, 5.41) is 2.55. The van der Waals surface area contributed by atoms with Crippen molar-refractivity contribution in [3.63, 3.8) is 0 Å². The van der Waals surface area contributed by atoms with E-state index in [-0.39, 0.29) is 18.6 Å². The van der Waals surface area contributed by atoms with Crippen LogP contribution in [-0.4, -0.2) is 30.3 Å². The van der Waals surface area contributed by atoms with Crippen LogP contribution in [0.3, 0.4) is 0 Å². The van der Waals surface area contributed by atoms with Gasteiger partial charge in [-0.2, -0.15) is 0 Å². The highest BCUT2D eigenvalue weighted by Gasteiger charge is 2.60. The van der Waals surface area contributed by atoms with Gasteiger partial charge in [-0.15, -0.1) is 0 Å². The minimum atomic E-state index is -0.581. The topological polar surface area (TPSA) is 64.6 Å². The fraction of sp³-hybridized carbons (Fsp3) is 0.941. The Hall–Kier alpha value is -1.26. The standard InChI is InChI=1S/C34H59NO4/c1-22(2)10-9-11-23(3)27-14-15-28-26-13-12-24-20-25(38-30(36)21-35-31(37)39-32(4,5)6)16-18-33(24,7)29(26)17-19-34(27,28)8/h22-29H,9-21H2,1-8H3,(H,35,37)/t23-,24?,25?,26+,27-,28+,29+,33+,34-/m1/s1. The minimum absolute atomic E-state index is 0.0241. The predicted molar refractivity (Wildman–Crippen MR) is 157 cm³/mol. The molecule has 39 heavy (non-hydrogen) atoms. The van der Waals surface area contributed by atoms with Crippen molar-refractivity contribution in [1.29, 1.82) is 0 Å². The Morgan fingerprint density at radius 2 is 1.59 bits per heavy atom. The van der Waals surface area contributed by atoms with Gasteiger partial charge < -0.3 is 14.8 Å². The van der Waals surface area contributed by atoms with Crippen LogP contribution in [0.15, 0.2) is 0 Å². The average Bonchev–Trinajstić information content (AvgIpc) is 3.19. The number of alkyl carbamates (subject to hydrolysis) is 1. The summed E-state index contributed by atoms with van der Waals surface area (Å²) < 4.78 is 11.1. The fourth-order valence-electron chi connectivity index (χ4n) is 10.0. The van der Waals surface area contributed by atoms with Crippen LogP contribution in [0.25, 0.3) is 0 Å². The maximum atomic E-state index is 12.5. The number of hydrogen-bond acceptors (Lipinski definition) is 4. The maximum Gasteiger partial charge on any atom is 0.408 e. The lowest BCUT2D eigenvalue weighted by molar-refractivity contribution is -0.161. The van der Waals surface area contributed by atoms with Crippen LogP contribution in [0.4, 0.5) is 4.79 Å². The number of amides is 1. The second-order valence-electron chi connectivity index (χ2n) is 15.9. The first-order valence-corrected chi connectivity index (χ1v) is 16.4. The van der Waals surface area contributed by atoms with Crippen LogP contribution >= 0.6 is 0 Å². The molecule has 0 saturated heterocycles. The first-order chi connectivity index (χ1) is 18.2. The molecule has 0 bridgehead atoms. The van der Waals surface area contributed by atoms with Crippen molar-refractivity contribution in [2.24, 2.45) is 52.3 Å². The van der Waals surface area contributed by atoms with Gasteiger partial charge in [-0.3, -0.25) is 4.79 Å². The van der Waals surface area contributed by atoms with E-state index < -0.39 is 11.7 Å². The fourth-order valence-corrected chi connectivity index (χ4v) is 10.0. The minimum Gasteiger partial charge on any atom is -0.461 e. The first-order valence-electron chi connectivity index (χ1n) is 16.4. The monoisotopic (exact) mass is 545 g/mol. The molecule has 0 aromatic heterocycles. The second kappa shape index (κ2) is 11.9. The highest BCUT2D eigenvalue weighted by molar-refractivity contribution is 5.78. The van der Waals surface area contributed by atoms with Crippen molar-refractivity contribution in [2.45, 2.75) is 144 Å². The SMILES string of the molecule is CC(C)CCC[C@@H](C)[C@H]1CC[C@H]2[C@@H]3CCC4CC(OC(=O)CNC(=O)OC(C)(C)C)CC[C@]4(C)[C@H]3CC[C@]12C. The van der Waals surface area contributed by atoms with Crippen molar-refractivity contribution < 1.29 is 19.1 Å². The van der Waals surface area contributed by atoms with Gasteiger partial charge in [-0.05, 0) is 131 Å². The van der Waals surface area contributed by atoms with Gasteiger partial charge in [0, 0.05) is 0 Å². The predicted octanol–water partition coefficient (Wildman–Crippen LogP) is 8.54. The van der Waals surface area contributed by atoms with Crippen molar-refractivity contribution in [2.75, 3.05) is 6.54 Å². The van der Waals surface area contributed by atoms with Gasteiger partial charge in [0.2, 0.25) is 0 Å². The third-order valence-corrected chi connectivity index (χ3v) is 11.9. The van der Waals surface area contributed by atoms with E-state index in [0.29, 0.717) is 16.7 Å². The number of carbonyl (C=O) groups is 2. The molecule has 0 heterocycles. The van der Waals surface area contributed by atoms with Crippen molar-refractivity contribution in [1.82, 2.24) is 5.32 Å². The number of rotatable bonds is 8. The lowest BCUT2D eigenvalue weighted by atomic mass is 9.44. The molecule has 4 saturated carbocycles. The number of nitrogens with one attached hydrogen (secondary N) is 1. The summed E-state index contributed by atoms with van der Waals surface area (Å²) in [6.07, 6.45) is 15.0. The number of ether oxygens (including phenoxy) is 2. The van der Waals surface area contributed by atoms with E-state index in [9.17, 15) is 9.59 Å². The maximum absolute atomic E-state index is 12.5. The van der Waals surface area contributed by atoms with E-state index in [0.717, 1.165) is 54.8 Å². The number of hydrogen-bond donors (Lipinski definition) is 1. The lowest BCUT2D eigenvalue weighted by Gasteiger charge is -2.61. The molecule has 9 atom stereocenters. The van der Waals surface area contributed by atoms with E-state index >= 15 is 0 Å². The van der Waals surface area contributed by atoms with Crippen molar-refractivity contribution >= 4 is 12.1 Å². The molecular formula is C34H59NO4. The largest absolute Gasteiger partial charge is 0.461 e. The number of esters is 1. The van der Waals surface area contributed by atoms with E-state index in [1.54, 1.807) is 0 Å². The number of fused-ring (bicyclic) bond motifs is 5. The molecule has 5 nitrogen and oxygen atoms in total. The second-order valence-corrected chi connectivity index (χ2v) is 15.9. The van der Waals surface area contributed by atoms with Crippen LogP contribution in [0, 0.1) is 52.3 Å². The molecule has 4 rings (SSSR count). The molecule has 0 radical (unpaired) electrons. The molecule has 4 aliphatic carbocycles. The molecule has 4 fully saturated rings. The van der Waals surface area contributed by atoms with Crippen molar-refractivity contribution in [3.05, 3.63) is 0 Å². The van der Waals surface area contributed by atoms with Crippen LogP contribution in [0.2, 0.25) is 0 Å². The molecule has 1 amide bonds.